The fourth-order valence-electron chi connectivity index (χ4n) is 6.79. The summed E-state index contributed by atoms with van der Waals surface area (Å²) in [4.78, 5) is 40.7. The molecule has 0 saturated heterocycles. The first kappa shape index (κ1) is 60.5. The summed E-state index contributed by atoms with van der Waals surface area (Å²) < 4.78 is 151. The molecule has 0 aliphatic heterocycles. The Morgan fingerprint density at radius 1 is 0.582 bits per heavy atom. The van der Waals surface area contributed by atoms with Crippen LogP contribution in [0, 0.1) is 47.8 Å². The number of carbonyl (C=O) groups excluding carboxylic acids is 1. The molecule has 0 bridgehead atoms. The molecule has 2 fully saturated rings. The van der Waals surface area contributed by atoms with Crippen molar-refractivity contribution >= 4 is 51.5 Å². The van der Waals surface area contributed by atoms with Crippen molar-refractivity contribution in [3.63, 3.8) is 0 Å². The quantitative estimate of drug-likeness (QED) is 0.0617. The van der Waals surface area contributed by atoms with Gasteiger partial charge in [-0.05, 0) is 110 Å². The van der Waals surface area contributed by atoms with Gasteiger partial charge in [0.2, 0.25) is 0 Å². The molecule has 6 rings (SSSR count). The maximum absolute atomic E-state index is 13.7. The average Bonchev–Trinajstić information content (AvgIpc) is 3.21. The summed E-state index contributed by atoms with van der Waals surface area (Å²) in [6.07, 6.45) is 11.5. The number of allylic oxidation sites excluding steroid dienone is 2. The van der Waals surface area contributed by atoms with Gasteiger partial charge in [-0.15, -0.1) is 3.63 Å². The maximum atomic E-state index is 13.7. The Balaban J connectivity index is 0.000000869. The van der Waals surface area contributed by atoms with Gasteiger partial charge in [-0.1, -0.05) is 12.2 Å². The number of nitrogens with zero attached hydrogens (tertiary/aromatic N) is 3. The van der Waals surface area contributed by atoms with E-state index in [-0.39, 0.29) is 86.1 Å². The molecule has 1 N–H and O–H groups in total. The first-order valence-corrected chi connectivity index (χ1v) is 21.9. The number of halogens is 9. The number of carbonyl (C=O) groups is 1. The van der Waals surface area contributed by atoms with E-state index in [1.165, 1.54) is 36.4 Å². The molecule has 3 radical (unpaired) electrons. The molecule has 67 heavy (non-hydrogen) atoms. The number of nitro benzene ring substituents is 3. The van der Waals surface area contributed by atoms with E-state index in [9.17, 15) is 96.6 Å². The molecule has 0 amide bonds. The molecule has 16 nitrogen and oxygen atoms in total. The minimum atomic E-state index is -6.85. The molecular formula is C38H39BF9N3NaO13S2. The molecule has 3 aliphatic rings. The summed E-state index contributed by atoms with van der Waals surface area (Å²) in [6.45, 7) is 0. The van der Waals surface area contributed by atoms with Crippen LogP contribution in [0.15, 0.2) is 66.7 Å². The van der Waals surface area contributed by atoms with Gasteiger partial charge in [0, 0.05) is 39.5 Å². The first-order chi connectivity index (χ1) is 30.0. The third-order valence-corrected chi connectivity index (χ3v) is 12.7. The second kappa shape index (κ2) is 25.8. The molecule has 0 aromatic heterocycles. The van der Waals surface area contributed by atoms with Gasteiger partial charge in [-0.3, -0.25) is 35.1 Å². The zero-order chi connectivity index (χ0) is 49.1. The van der Waals surface area contributed by atoms with Crippen LogP contribution in [0.2, 0.25) is 0 Å². The van der Waals surface area contributed by atoms with Crippen molar-refractivity contribution in [1.29, 1.82) is 0 Å². The Morgan fingerprint density at radius 2 is 0.925 bits per heavy atom. The Kier molecular flexibility index (Phi) is 23.3. The van der Waals surface area contributed by atoms with Crippen LogP contribution in [0.5, 0.6) is 0 Å². The summed E-state index contributed by atoms with van der Waals surface area (Å²) in [5.74, 6) is -1.07. The smallest absolute Gasteiger partial charge is 1.00 e. The number of aliphatic hydroxyl groups is 1. The number of alkyl halides is 6. The van der Waals surface area contributed by atoms with Crippen molar-refractivity contribution < 1.29 is 116 Å². The summed E-state index contributed by atoms with van der Waals surface area (Å²) in [7, 11) is -13.7. The summed E-state index contributed by atoms with van der Waals surface area (Å²) >= 11 is 0. The zero-order valence-electron chi connectivity index (χ0n) is 35.9. The molecule has 0 spiro atoms. The van der Waals surface area contributed by atoms with Crippen molar-refractivity contribution in [2.24, 2.45) is 0 Å². The molecule has 29 heteroatoms. The van der Waals surface area contributed by atoms with Gasteiger partial charge < -0.3 is 6.53 Å². The third-order valence-electron chi connectivity index (χ3n) is 10.2. The van der Waals surface area contributed by atoms with E-state index in [4.69, 9.17) is 0 Å². The predicted octanol–water partition coefficient (Wildman–Crippen LogP) is 6.71. The van der Waals surface area contributed by atoms with Crippen molar-refractivity contribution in [1.82, 2.24) is 0 Å². The van der Waals surface area contributed by atoms with Crippen LogP contribution in [0.4, 0.5) is 56.6 Å². The Morgan fingerprint density at radius 3 is 1.22 bits per heavy atom. The topological polar surface area (TPSA) is 244 Å². The normalized spacial score (nSPS) is 18.7. The van der Waals surface area contributed by atoms with E-state index in [0.29, 0.717) is 55.2 Å². The maximum Gasteiger partial charge on any atom is 1.00 e. The largest absolute Gasteiger partial charge is 1.00 e. The molecule has 1 atom stereocenters. The fourth-order valence-corrected chi connectivity index (χ4v) is 8.35. The van der Waals surface area contributed by atoms with Crippen LogP contribution in [0.1, 0.15) is 106 Å². The third kappa shape index (κ3) is 17.8. The second-order valence-electron chi connectivity index (χ2n) is 14.6. The molecule has 0 heterocycles. The number of hydrogen-bond acceptors (Lipinski definition) is 13. The standard InChI is InChI=1S/C12H14FNO3.C12H12FNO3.C12H12FNO2.C2F6O5S2.B.Na.H/c2*13-12-7-9(14(16)17)3-6-11(12)8-1-4-10(15)5-2-8;13-12-8-10(14(15)16)6-7-11(12)9-4-2-1-3-5-9;3-1(4,5)14(9,10)13-15(11,12)2(6,7)8;;;/h3,6-8,10,15H,1-2,4-5H2;3,6-8H,1-2,4-5H2;1-2,6-9H,3-5H2;;;;/q;;;;;+1;-1. The van der Waals surface area contributed by atoms with E-state index >= 15 is 0 Å². The number of ketones is 1. The van der Waals surface area contributed by atoms with E-state index in [0.717, 1.165) is 50.3 Å². The SMILES string of the molecule is O=C1CCC(c2ccc([N+](=O)[O-])cc2F)CC1.O=S(=O)(OS(=O)(=O)C(F)(F)F)C(F)(F)F.O=[N+]([O-])c1ccc(C2CC=CCC2)c(F)c1.O=[N+]([O-])c1ccc(C2CCC(O)CC2)c(F)c1.[B].[H-].[Na+]. The predicted molar refractivity (Wildman–Crippen MR) is 216 cm³/mol. The molecule has 363 valence electrons. The van der Waals surface area contributed by atoms with E-state index < -0.39 is 63.5 Å². The van der Waals surface area contributed by atoms with Gasteiger partial charge in [-0.25, -0.2) is 13.2 Å². The average molecular weight is 1010 g/mol. The van der Waals surface area contributed by atoms with Gasteiger partial charge in [-0.2, -0.15) is 43.2 Å². The van der Waals surface area contributed by atoms with Crippen LogP contribution in [0.3, 0.4) is 0 Å². The fraction of sp³-hybridized carbons (Fsp3) is 0.447. The van der Waals surface area contributed by atoms with Gasteiger partial charge in [0.25, 0.3) is 17.1 Å². The Bertz CT molecular complexity index is 2430. The second-order valence-corrected chi connectivity index (χ2v) is 17.8. The number of Topliss-reactive ketones (excluding diaryl/α,β-unsaturated/α-hetero) is 1. The number of hydrogen-bond donors (Lipinski definition) is 1. The molecular weight excluding hydrogens is 975 g/mol. The van der Waals surface area contributed by atoms with E-state index in [1.807, 2.05) is 9.71 Å². The van der Waals surface area contributed by atoms with Crippen LogP contribution < -0.4 is 29.6 Å². The number of aliphatic hydroxyl groups excluding tert-OH is 1. The number of nitro groups is 3. The van der Waals surface area contributed by atoms with E-state index in [1.54, 1.807) is 0 Å². The summed E-state index contributed by atoms with van der Waals surface area (Å²) in [5, 5.41) is 40.8. The minimum Gasteiger partial charge on any atom is -1.00 e. The van der Waals surface area contributed by atoms with Crippen LogP contribution in [-0.2, 0) is 28.7 Å². The molecule has 3 aliphatic carbocycles. The van der Waals surface area contributed by atoms with Gasteiger partial charge in [0.15, 0.2) is 0 Å². The molecule has 1 unspecified atom stereocenters. The molecule has 2 saturated carbocycles. The number of non-ortho nitro benzene ring substituents is 3. The molecule has 3 aromatic carbocycles. The van der Waals surface area contributed by atoms with E-state index in [2.05, 4.69) is 6.08 Å². The van der Waals surface area contributed by atoms with Crippen LogP contribution >= 0.6 is 0 Å². The van der Waals surface area contributed by atoms with Crippen molar-refractivity contribution in [2.75, 3.05) is 0 Å². The van der Waals surface area contributed by atoms with Gasteiger partial charge in [0.05, 0.1) is 39.1 Å². The Labute approximate surface area is 402 Å². The molecule has 3 aromatic rings. The Hall–Kier alpha value is -4.48. The van der Waals surface area contributed by atoms with Gasteiger partial charge in [0.1, 0.15) is 23.2 Å². The van der Waals surface area contributed by atoms with Crippen molar-refractivity contribution in [2.45, 2.75) is 106 Å². The summed E-state index contributed by atoms with van der Waals surface area (Å²) in [6, 6.07) is 11.5. The monoisotopic (exact) mass is 1010 g/mol. The van der Waals surface area contributed by atoms with Gasteiger partial charge >= 0.3 is 60.8 Å². The minimum absolute atomic E-state index is 0. The summed E-state index contributed by atoms with van der Waals surface area (Å²) in [5.41, 5.74) is -11.6. The van der Waals surface area contributed by atoms with Crippen LogP contribution in [-0.4, -0.2) is 68.0 Å². The number of rotatable bonds is 8. The van der Waals surface area contributed by atoms with Crippen molar-refractivity contribution in [3.8, 4) is 0 Å². The zero-order valence-corrected chi connectivity index (χ0v) is 38.6. The first-order valence-electron chi connectivity index (χ1n) is 19.0. The van der Waals surface area contributed by atoms with Crippen molar-refractivity contribution in [3.05, 3.63) is 131 Å². The van der Waals surface area contributed by atoms with Crippen LogP contribution in [0.25, 0.3) is 0 Å². The number of benzene rings is 3.